The maximum atomic E-state index is 5.54. The van der Waals surface area contributed by atoms with E-state index in [1.165, 1.54) is 6.33 Å². The van der Waals surface area contributed by atoms with Crippen LogP contribution in [0.4, 0.5) is 5.82 Å². The lowest BCUT2D eigenvalue weighted by Crippen LogP contribution is -2.29. The lowest BCUT2D eigenvalue weighted by molar-refractivity contribution is 0.232. The van der Waals surface area contributed by atoms with E-state index in [1.54, 1.807) is 0 Å². The van der Waals surface area contributed by atoms with Crippen molar-refractivity contribution in [3.8, 4) is 5.88 Å². The summed E-state index contributed by atoms with van der Waals surface area (Å²) in [7, 11) is 0. The molecule has 0 unspecified atom stereocenters. The van der Waals surface area contributed by atoms with Crippen LogP contribution in [-0.4, -0.2) is 35.7 Å². The number of rotatable bonds is 6. The van der Waals surface area contributed by atoms with Gasteiger partial charge in [0.2, 0.25) is 5.88 Å². The Balaban J connectivity index is 2.79. The van der Waals surface area contributed by atoms with Crippen molar-refractivity contribution < 1.29 is 4.74 Å². The molecule has 16 heavy (non-hydrogen) atoms. The molecule has 0 saturated heterocycles. The predicted molar refractivity (Wildman–Crippen MR) is 64.7 cm³/mol. The molecule has 5 nitrogen and oxygen atoms in total. The Morgan fingerprint density at radius 2 is 2.19 bits per heavy atom. The Labute approximate surface area is 96.6 Å². The van der Waals surface area contributed by atoms with Crippen molar-refractivity contribution >= 4 is 5.82 Å². The van der Waals surface area contributed by atoms with E-state index in [9.17, 15) is 0 Å². The van der Waals surface area contributed by atoms with Crippen LogP contribution in [0.2, 0.25) is 0 Å². The third kappa shape index (κ3) is 3.66. The number of nitrogens with zero attached hydrogens (tertiary/aromatic N) is 3. The van der Waals surface area contributed by atoms with E-state index in [0.29, 0.717) is 12.4 Å². The maximum Gasteiger partial charge on any atom is 0.218 e. The molecule has 0 spiro atoms. The summed E-state index contributed by atoms with van der Waals surface area (Å²) >= 11 is 0. The van der Waals surface area contributed by atoms with Crippen molar-refractivity contribution in [2.75, 3.05) is 24.5 Å². The summed E-state index contributed by atoms with van der Waals surface area (Å²) in [5, 5.41) is 0. The van der Waals surface area contributed by atoms with Crippen LogP contribution in [0.5, 0.6) is 5.88 Å². The lowest BCUT2D eigenvalue weighted by atomic mass is 10.4. The summed E-state index contributed by atoms with van der Waals surface area (Å²) < 4.78 is 5.52. The standard InChI is InChI=1S/C11H20N4O/c1-4-15(6-5-12)10-7-11(14-8-13-10)16-9(2)3/h7-9H,4-6,12H2,1-3H3. The highest BCUT2D eigenvalue weighted by molar-refractivity contribution is 5.40. The first kappa shape index (κ1) is 12.7. The van der Waals surface area contributed by atoms with Gasteiger partial charge in [-0.05, 0) is 20.8 Å². The van der Waals surface area contributed by atoms with Gasteiger partial charge in [-0.15, -0.1) is 0 Å². The zero-order valence-electron chi connectivity index (χ0n) is 10.2. The Hall–Kier alpha value is -1.36. The number of hydrogen-bond acceptors (Lipinski definition) is 5. The minimum Gasteiger partial charge on any atom is -0.475 e. The number of anilines is 1. The maximum absolute atomic E-state index is 5.54. The molecule has 0 radical (unpaired) electrons. The first-order valence-electron chi connectivity index (χ1n) is 5.61. The molecule has 0 bridgehead atoms. The molecule has 0 atom stereocenters. The summed E-state index contributed by atoms with van der Waals surface area (Å²) in [5.41, 5.74) is 5.54. The second kappa shape index (κ2) is 6.27. The fraction of sp³-hybridized carbons (Fsp3) is 0.636. The molecule has 1 heterocycles. The van der Waals surface area contributed by atoms with Gasteiger partial charge in [0.1, 0.15) is 12.1 Å². The van der Waals surface area contributed by atoms with Gasteiger partial charge in [-0.3, -0.25) is 0 Å². The molecule has 2 N–H and O–H groups in total. The molecule has 0 amide bonds. The Morgan fingerprint density at radius 3 is 2.75 bits per heavy atom. The minimum absolute atomic E-state index is 0.118. The van der Waals surface area contributed by atoms with Crippen molar-refractivity contribution in [2.45, 2.75) is 26.9 Å². The number of nitrogens with two attached hydrogens (primary N) is 1. The fourth-order valence-corrected chi connectivity index (χ4v) is 1.40. The molecule has 0 fully saturated rings. The summed E-state index contributed by atoms with van der Waals surface area (Å²) in [5.74, 6) is 1.47. The van der Waals surface area contributed by atoms with Crippen LogP contribution in [-0.2, 0) is 0 Å². The molecule has 5 heteroatoms. The summed E-state index contributed by atoms with van der Waals surface area (Å²) in [4.78, 5) is 10.4. The van der Waals surface area contributed by atoms with Crippen molar-refractivity contribution in [1.82, 2.24) is 9.97 Å². The molecule has 1 aromatic heterocycles. The van der Waals surface area contributed by atoms with E-state index in [0.717, 1.165) is 18.9 Å². The Kier molecular flexibility index (Phi) is 4.98. The Morgan fingerprint density at radius 1 is 1.44 bits per heavy atom. The van der Waals surface area contributed by atoms with Gasteiger partial charge >= 0.3 is 0 Å². The van der Waals surface area contributed by atoms with E-state index in [1.807, 2.05) is 19.9 Å². The van der Waals surface area contributed by atoms with Crippen LogP contribution in [0.15, 0.2) is 12.4 Å². The number of ether oxygens (including phenoxy) is 1. The van der Waals surface area contributed by atoms with Gasteiger partial charge in [0, 0.05) is 25.7 Å². The highest BCUT2D eigenvalue weighted by Crippen LogP contribution is 2.16. The van der Waals surface area contributed by atoms with Crippen LogP contribution in [0, 0.1) is 0 Å². The molecule has 1 aromatic rings. The third-order valence-corrected chi connectivity index (χ3v) is 2.09. The Bertz CT molecular complexity index is 317. The van der Waals surface area contributed by atoms with Crippen molar-refractivity contribution in [2.24, 2.45) is 5.73 Å². The molecule has 1 rings (SSSR count). The van der Waals surface area contributed by atoms with Crippen LogP contribution >= 0.6 is 0 Å². The lowest BCUT2D eigenvalue weighted by Gasteiger charge is -2.21. The van der Waals surface area contributed by atoms with E-state index >= 15 is 0 Å². The van der Waals surface area contributed by atoms with E-state index in [4.69, 9.17) is 10.5 Å². The third-order valence-electron chi connectivity index (χ3n) is 2.09. The first-order chi connectivity index (χ1) is 7.67. The van der Waals surface area contributed by atoms with Crippen LogP contribution in [0.1, 0.15) is 20.8 Å². The molecule has 0 aliphatic rings. The minimum atomic E-state index is 0.118. The monoisotopic (exact) mass is 224 g/mol. The van der Waals surface area contributed by atoms with Gasteiger partial charge < -0.3 is 15.4 Å². The van der Waals surface area contributed by atoms with Crippen molar-refractivity contribution in [3.05, 3.63) is 12.4 Å². The van der Waals surface area contributed by atoms with Gasteiger partial charge in [0.25, 0.3) is 0 Å². The molecule has 0 aliphatic carbocycles. The molecule has 0 aromatic carbocycles. The van der Waals surface area contributed by atoms with Crippen LogP contribution in [0.3, 0.4) is 0 Å². The van der Waals surface area contributed by atoms with Gasteiger partial charge in [-0.1, -0.05) is 0 Å². The summed E-state index contributed by atoms with van der Waals surface area (Å²) in [6.45, 7) is 8.28. The average molecular weight is 224 g/mol. The zero-order chi connectivity index (χ0) is 12.0. The second-order valence-electron chi connectivity index (χ2n) is 3.75. The normalized spacial score (nSPS) is 10.6. The van der Waals surface area contributed by atoms with E-state index in [2.05, 4.69) is 21.8 Å². The van der Waals surface area contributed by atoms with E-state index in [-0.39, 0.29) is 6.10 Å². The summed E-state index contributed by atoms with van der Waals surface area (Å²) in [6, 6.07) is 1.85. The van der Waals surface area contributed by atoms with Crippen LogP contribution in [0.25, 0.3) is 0 Å². The van der Waals surface area contributed by atoms with Crippen molar-refractivity contribution in [1.29, 1.82) is 0 Å². The summed E-state index contributed by atoms with van der Waals surface area (Å²) in [6.07, 6.45) is 1.64. The molecule has 0 saturated carbocycles. The van der Waals surface area contributed by atoms with Gasteiger partial charge in [0.15, 0.2) is 0 Å². The molecular weight excluding hydrogens is 204 g/mol. The van der Waals surface area contributed by atoms with Crippen LogP contribution < -0.4 is 15.4 Å². The second-order valence-corrected chi connectivity index (χ2v) is 3.75. The smallest absolute Gasteiger partial charge is 0.218 e. The molecular formula is C11H20N4O. The number of aromatic nitrogens is 2. The topological polar surface area (TPSA) is 64.3 Å². The van der Waals surface area contributed by atoms with Gasteiger partial charge in [-0.2, -0.15) is 0 Å². The highest BCUT2D eigenvalue weighted by Gasteiger charge is 2.07. The predicted octanol–water partition coefficient (Wildman–Crippen LogP) is 1.05. The van der Waals surface area contributed by atoms with E-state index < -0.39 is 0 Å². The average Bonchev–Trinajstić information content (AvgIpc) is 2.25. The first-order valence-corrected chi connectivity index (χ1v) is 5.61. The SMILES string of the molecule is CCN(CCN)c1cc(OC(C)C)ncn1. The van der Waals surface area contributed by atoms with Gasteiger partial charge in [0.05, 0.1) is 6.10 Å². The van der Waals surface area contributed by atoms with Gasteiger partial charge in [-0.25, -0.2) is 9.97 Å². The quantitative estimate of drug-likeness (QED) is 0.782. The molecule has 0 aliphatic heterocycles. The largest absolute Gasteiger partial charge is 0.475 e. The highest BCUT2D eigenvalue weighted by atomic mass is 16.5. The number of hydrogen-bond donors (Lipinski definition) is 1. The van der Waals surface area contributed by atoms with Crippen molar-refractivity contribution in [3.63, 3.8) is 0 Å². The zero-order valence-corrected chi connectivity index (χ0v) is 10.2. The molecule has 90 valence electrons. The fourth-order valence-electron chi connectivity index (χ4n) is 1.40. The number of likely N-dealkylation sites (N-methyl/N-ethyl adjacent to an activating group) is 1.